The minimum atomic E-state index is -0.558. The molecule has 0 spiro atoms. The second-order valence-corrected chi connectivity index (χ2v) is 4.60. The van der Waals surface area contributed by atoms with Gasteiger partial charge in [0, 0.05) is 6.54 Å². The Bertz CT molecular complexity index is 508. The van der Waals surface area contributed by atoms with E-state index in [1.165, 1.54) is 19.1 Å². The molecule has 20 heavy (non-hydrogen) atoms. The summed E-state index contributed by atoms with van der Waals surface area (Å²) in [5.74, 6) is 0.0688. The number of likely N-dealkylation sites (tertiary alicyclic amines) is 1. The van der Waals surface area contributed by atoms with Crippen molar-refractivity contribution in [1.82, 2.24) is 4.90 Å². The van der Waals surface area contributed by atoms with E-state index < -0.39 is 11.9 Å². The quantitative estimate of drug-likeness (QED) is 0.883. The molecule has 108 valence electrons. The first kappa shape index (κ1) is 14.2. The van der Waals surface area contributed by atoms with Gasteiger partial charge in [-0.05, 0) is 25.0 Å². The summed E-state index contributed by atoms with van der Waals surface area (Å²) in [4.78, 5) is 25.6. The van der Waals surface area contributed by atoms with Crippen LogP contribution < -0.4 is 15.2 Å². The van der Waals surface area contributed by atoms with Gasteiger partial charge in [0.05, 0.1) is 14.2 Å². The number of hydrogen-bond donors (Lipinski definition) is 1. The molecule has 0 radical (unpaired) electrons. The van der Waals surface area contributed by atoms with Crippen molar-refractivity contribution in [1.29, 1.82) is 0 Å². The summed E-state index contributed by atoms with van der Waals surface area (Å²) >= 11 is 0. The number of rotatable bonds is 4. The van der Waals surface area contributed by atoms with Gasteiger partial charge in [0.15, 0.2) is 0 Å². The number of amides is 2. The fourth-order valence-corrected chi connectivity index (χ4v) is 2.51. The van der Waals surface area contributed by atoms with E-state index >= 15 is 0 Å². The first-order valence-corrected chi connectivity index (χ1v) is 6.41. The molecule has 0 aromatic heterocycles. The summed E-state index contributed by atoms with van der Waals surface area (Å²) in [5.41, 5.74) is 5.67. The summed E-state index contributed by atoms with van der Waals surface area (Å²) in [7, 11) is 2.97. The highest BCUT2D eigenvalue weighted by molar-refractivity contribution is 6.02. The van der Waals surface area contributed by atoms with Crippen LogP contribution in [0.4, 0.5) is 0 Å². The molecule has 2 amide bonds. The SMILES string of the molecule is COc1cccc(OC)c1C(=O)N1CCC[C@H]1C(N)=O. The van der Waals surface area contributed by atoms with Crippen molar-refractivity contribution >= 4 is 11.8 Å². The number of ether oxygens (including phenoxy) is 2. The average Bonchev–Trinajstić information content (AvgIpc) is 2.95. The fourth-order valence-electron chi connectivity index (χ4n) is 2.51. The van der Waals surface area contributed by atoms with Crippen LogP contribution >= 0.6 is 0 Å². The maximum atomic E-state index is 12.7. The van der Waals surface area contributed by atoms with E-state index in [0.717, 1.165) is 6.42 Å². The smallest absolute Gasteiger partial charge is 0.262 e. The number of primary amides is 1. The molecule has 0 aliphatic carbocycles. The largest absolute Gasteiger partial charge is 0.496 e. The Morgan fingerprint density at radius 1 is 1.25 bits per heavy atom. The zero-order chi connectivity index (χ0) is 14.7. The van der Waals surface area contributed by atoms with Gasteiger partial charge in [-0.1, -0.05) is 6.07 Å². The molecular formula is C14H18N2O4. The van der Waals surface area contributed by atoms with Crippen LogP contribution in [0.25, 0.3) is 0 Å². The zero-order valence-corrected chi connectivity index (χ0v) is 11.6. The van der Waals surface area contributed by atoms with E-state index in [4.69, 9.17) is 15.2 Å². The van der Waals surface area contributed by atoms with Crippen molar-refractivity contribution in [3.05, 3.63) is 23.8 Å². The molecule has 1 aliphatic rings. The standard InChI is InChI=1S/C14H18N2O4/c1-19-10-6-3-7-11(20-2)12(10)14(18)16-8-4-5-9(16)13(15)17/h3,6-7,9H,4-5,8H2,1-2H3,(H2,15,17)/t9-/m0/s1. The molecule has 1 aromatic rings. The third-order valence-corrected chi connectivity index (χ3v) is 3.48. The van der Waals surface area contributed by atoms with E-state index in [1.54, 1.807) is 18.2 Å². The highest BCUT2D eigenvalue weighted by Gasteiger charge is 2.35. The molecule has 1 aliphatic heterocycles. The van der Waals surface area contributed by atoms with E-state index in [0.29, 0.717) is 30.0 Å². The van der Waals surface area contributed by atoms with Crippen LogP contribution in [0.3, 0.4) is 0 Å². The monoisotopic (exact) mass is 278 g/mol. The number of methoxy groups -OCH3 is 2. The first-order valence-electron chi connectivity index (χ1n) is 6.41. The van der Waals surface area contributed by atoms with Crippen LogP contribution in [0, 0.1) is 0 Å². The van der Waals surface area contributed by atoms with Gasteiger partial charge in [-0.25, -0.2) is 0 Å². The maximum Gasteiger partial charge on any atom is 0.262 e. The predicted octanol–water partition coefficient (Wildman–Crippen LogP) is 0.794. The van der Waals surface area contributed by atoms with E-state index in [-0.39, 0.29) is 5.91 Å². The van der Waals surface area contributed by atoms with Gasteiger partial charge in [0.2, 0.25) is 5.91 Å². The van der Waals surface area contributed by atoms with Crippen LogP contribution in [0.2, 0.25) is 0 Å². The molecule has 2 rings (SSSR count). The zero-order valence-electron chi connectivity index (χ0n) is 11.6. The Hall–Kier alpha value is -2.24. The third kappa shape index (κ3) is 2.41. The van der Waals surface area contributed by atoms with Crippen LogP contribution in [0.15, 0.2) is 18.2 Å². The van der Waals surface area contributed by atoms with Crippen molar-refractivity contribution in [3.8, 4) is 11.5 Å². The number of hydrogen-bond acceptors (Lipinski definition) is 4. The van der Waals surface area contributed by atoms with Crippen LogP contribution in [0.5, 0.6) is 11.5 Å². The van der Waals surface area contributed by atoms with Gasteiger partial charge in [0.1, 0.15) is 23.1 Å². The molecule has 6 heteroatoms. The van der Waals surface area contributed by atoms with E-state index in [2.05, 4.69) is 0 Å². The maximum absolute atomic E-state index is 12.7. The summed E-state index contributed by atoms with van der Waals surface area (Å²) in [6.45, 7) is 0.508. The molecule has 1 atom stereocenters. The Balaban J connectivity index is 2.40. The lowest BCUT2D eigenvalue weighted by Crippen LogP contribution is -2.43. The Kier molecular flexibility index (Phi) is 4.12. The Morgan fingerprint density at radius 3 is 2.35 bits per heavy atom. The van der Waals surface area contributed by atoms with Gasteiger partial charge in [0.25, 0.3) is 5.91 Å². The minimum Gasteiger partial charge on any atom is -0.496 e. The topological polar surface area (TPSA) is 81.9 Å². The molecule has 0 unspecified atom stereocenters. The van der Waals surface area contributed by atoms with Gasteiger partial charge >= 0.3 is 0 Å². The van der Waals surface area contributed by atoms with Crippen molar-refractivity contribution in [2.75, 3.05) is 20.8 Å². The van der Waals surface area contributed by atoms with E-state index in [1.807, 2.05) is 0 Å². The molecule has 1 heterocycles. The first-order chi connectivity index (χ1) is 9.60. The molecule has 2 N–H and O–H groups in total. The number of carbonyl (C=O) groups is 2. The highest BCUT2D eigenvalue weighted by atomic mass is 16.5. The lowest BCUT2D eigenvalue weighted by molar-refractivity contribution is -0.121. The normalized spacial score (nSPS) is 17.9. The van der Waals surface area contributed by atoms with Crippen molar-refractivity contribution in [3.63, 3.8) is 0 Å². The number of nitrogens with zero attached hydrogens (tertiary/aromatic N) is 1. The Labute approximate surface area is 117 Å². The van der Waals surface area contributed by atoms with Crippen molar-refractivity contribution in [2.24, 2.45) is 5.73 Å². The molecule has 1 aromatic carbocycles. The molecule has 1 saturated heterocycles. The second-order valence-electron chi connectivity index (χ2n) is 4.60. The molecule has 6 nitrogen and oxygen atoms in total. The summed E-state index contributed by atoms with van der Waals surface area (Å²) in [6, 6.07) is 4.55. The second kappa shape index (κ2) is 5.81. The number of nitrogens with two attached hydrogens (primary N) is 1. The summed E-state index contributed by atoms with van der Waals surface area (Å²) in [5, 5.41) is 0. The molecule has 0 saturated carbocycles. The number of carbonyl (C=O) groups excluding carboxylic acids is 2. The fraction of sp³-hybridized carbons (Fsp3) is 0.429. The number of benzene rings is 1. The third-order valence-electron chi connectivity index (χ3n) is 3.48. The predicted molar refractivity (Wildman–Crippen MR) is 72.8 cm³/mol. The van der Waals surface area contributed by atoms with Crippen LogP contribution in [0.1, 0.15) is 23.2 Å². The minimum absolute atomic E-state index is 0.291. The van der Waals surface area contributed by atoms with Gasteiger partial charge in [-0.2, -0.15) is 0 Å². The van der Waals surface area contributed by atoms with Gasteiger partial charge in [-0.3, -0.25) is 9.59 Å². The van der Waals surface area contributed by atoms with Crippen LogP contribution in [-0.2, 0) is 4.79 Å². The lowest BCUT2D eigenvalue weighted by Gasteiger charge is -2.24. The summed E-state index contributed by atoms with van der Waals surface area (Å²) < 4.78 is 10.4. The lowest BCUT2D eigenvalue weighted by atomic mass is 10.1. The van der Waals surface area contributed by atoms with Gasteiger partial charge < -0.3 is 20.1 Å². The molecular weight excluding hydrogens is 260 g/mol. The highest BCUT2D eigenvalue weighted by Crippen LogP contribution is 2.31. The molecule has 0 bridgehead atoms. The summed E-state index contributed by atoms with van der Waals surface area (Å²) in [6.07, 6.45) is 1.36. The van der Waals surface area contributed by atoms with Gasteiger partial charge in [-0.15, -0.1) is 0 Å². The van der Waals surface area contributed by atoms with Crippen molar-refractivity contribution < 1.29 is 19.1 Å². The average molecular weight is 278 g/mol. The van der Waals surface area contributed by atoms with Crippen LogP contribution in [-0.4, -0.2) is 43.5 Å². The Morgan fingerprint density at radius 2 is 1.85 bits per heavy atom. The van der Waals surface area contributed by atoms with Crippen molar-refractivity contribution in [2.45, 2.75) is 18.9 Å². The van der Waals surface area contributed by atoms with E-state index in [9.17, 15) is 9.59 Å². The molecule has 1 fully saturated rings.